The highest BCUT2D eigenvalue weighted by atomic mass is 35.5. The molecule has 0 spiro atoms. The number of ether oxygens (including phenoxy) is 1. The number of rotatable bonds is 5. The largest absolute Gasteiger partial charge is 0.479 e. The molecule has 0 bridgehead atoms. The average molecular weight is 398 g/mol. The molecule has 0 aliphatic carbocycles. The van der Waals surface area contributed by atoms with E-state index in [0.29, 0.717) is 26.4 Å². The van der Waals surface area contributed by atoms with Gasteiger partial charge in [-0.25, -0.2) is 0 Å². The van der Waals surface area contributed by atoms with Crippen molar-refractivity contribution in [2.45, 2.75) is 25.5 Å². The number of nitriles is 1. The minimum atomic E-state index is -1.25. The van der Waals surface area contributed by atoms with Gasteiger partial charge in [-0.1, -0.05) is 46.9 Å². The molecule has 130 valence electrons. The highest BCUT2D eigenvalue weighted by molar-refractivity contribution is 6.35. The molecule has 0 radical (unpaired) electrons. The Labute approximate surface area is 161 Å². The fourth-order valence-corrected chi connectivity index (χ4v) is 2.77. The van der Waals surface area contributed by atoms with Crippen LogP contribution in [0.5, 0.6) is 5.75 Å². The standard InChI is InChI=1S/C18H15Cl3N2O2/c1-11(25-16-7-6-14(20)9-15(16)21)17(24)23-18(2,10-22)12-4-3-5-13(19)8-12/h3-9,11H,1-2H3,(H,23,24). The molecule has 0 fully saturated rings. The Morgan fingerprint density at radius 3 is 2.48 bits per heavy atom. The Hall–Kier alpha value is -1.93. The van der Waals surface area contributed by atoms with Crippen LogP contribution in [0, 0.1) is 11.3 Å². The molecule has 7 heteroatoms. The molecule has 4 nitrogen and oxygen atoms in total. The van der Waals surface area contributed by atoms with E-state index in [-0.39, 0.29) is 0 Å². The van der Waals surface area contributed by atoms with Crippen LogP contribution >= 0.6 is 34.8 Å². The zero-order chi connectivity index (χ0) is 18.6. The first-order chi connectivity index (χ1) is 11.7. The predicted octanol–water partition coefficient (Wildman–Crippen LogP) is 4.97. The van der Waals surface area contributed by atoms with Crippen molar-refractivity contribution in [3.63, 3.8) is 0 Å². The predicted molar refractivity (Wildman–Crippen MR) is 99.1 cm³/mol. The third-order valence-corrected chi connectivity index (χ3v) is 4.33. The number of nitrogens with zero attached hydrogens (tertiary/aromatic N) is 1. The monoisotopic (exact) mass is 396 g/mol. The van der Waals surface area contributed by atoms with E-state index in [2.05, 4.69) is 11.4 Å². The number of hydrogen-bond donors (Lipinski definition) is 1. The lowest BCUT2D eigenvalue weighted by Crippen LogP contribution is -2.47. The van der Waals surface area contributed by atoms with Crippen molar-refractivity contribution in [1.82, 2.24) is 5.32 Å². The Kier molecular flexibility index (Phi) is 6.18. The van der Waals surface area contributed by atoms with Crippen molar-refractivity contribution in [1.29, 1.82) is 5.26 Å². The molecule has 2 unspecified atom stereocenters. The summed E-state index contributed by atoms with van der Waals surface area (Å²) in [5.74, 6) is -0.134. The number of carbonyl (C=O) groups is 1. The first-order valence-corrected chi connectivity index (χ1v) is 8.49. The van der Waals surface area contributed by atoms with Crippen molar-refractivity contribution in [3.05, 3.63) is 63.1 Å². The number of benzene rings is 2. The van der Waals surface area contributed by atoms with Crippen molar-refractivity contribution >= 4 is 40.7 Å². The third-order valence-electron chi connectivity index (χ3n) is 3.57. The summed E-state index contributed by atoms with van der Waals surface area (Å²) in [6, 6.07) is 13.6. The van der Waals surface area contributed by atoms with Crippen LogP contribution in [0.3, 0.4) is 0 Å². The van der Waals surface area contributed by atoms with E-state index < -0.39 is 17.6 Å². The summed E-state index contributed by atoms with van der Waals surface area (Å²) in [6.45, 7) is 3.16. The molecule has 0 saturated carbocycles. The second kappa shape index (κ2) is 7.97. The molecule has 0 aliphatic rings. The average Bonchev–Trinajstić information content (AvgIpc) is 2.57. The second-order valence-corrected chi connectivity index (χ2v) is 6.85. The quantitative estimate of drug-likeness (QED) is 0.775. The van der Waals surface area contributed by atoms with Crippen molar-refractivity contribution < 1.29 is 9.53 Å². The van der Waals surface area contributed by atoms with E-state index in [4.69, 9.17) is 39.5 Å². The molecule has 0 saturated heterocycles. The maximum absolute atomic E-state index is 12.5. The molecule has 2 rings (SSSR count). The normalized spacial score (nSPS) is 14.1. The van der Waals surface area contributed by atoms with Gasteiger partial charge in [0, 0.05) is 10.0 Å². The van der Waals surface area contributed by atoms with E-state index in [1.807, 2.05) is 0 Å². The van der Waals surface area contributed by atoms with Crippen molar-refractivity contribution in [3.8, 4) is 11.8 Å². The van der Waals surface area contributed by atoms with E-state index in [9.17, 15) is 10.1 Å². The topological polar surface area (TPSA) is 62.1 Å². The minimum absolute atomic E-state index is 0.296. The van der Waals surface area contributed by atoms with Gasteiger partial charge in [0.1, 0.15) is 11.3 Å². The van der Waals surface area contributed by atoms with Gasteiger partial charge in [0.2, 0.25) is 0 Å². The number of nitrogens with one attached hydrogen (secondary N) is 1. The van der Waals surface area contributed by atoms with Gasteiger partial charge in [-0.3, -0.25) is 4.79 Å². The summed E-state index contributed by atoms with van der Waals surface area (Å²) < 4.78 is 5.57. The van der Waals surface area contributed by atoms with E-state index in [0.717, 1.165) is 0 Å². The van der Waals surface area contributed by atoms with Gasteiger partial charge >= 0.3 is 0 Å². The van der Waals surface area contributed by atoms with Crippen LogP contribution in [0.4, 0.5) is 0 Å². The number of hydrogen-bond acceptors (Lipinski definition) is 3. The molecule has 0 heterocycles. The molecule has 1 amide bonds. The molecular weight excluding hydrogens is 383 g/mol. The fourth-order valence-electron chi connectivity index (χ4n) is 2.13. The lowest BCUT2D eigenvalue weighted by atomic mass is 9.93. The fraction of sp³-hybridized carbons (Fsp3) is 0.222. The van der Waals surface area contributed by atoms with Gasteiger partial charge in [0.15, 0.2) is 6.10 Å². The first kappa shape index (κ1) is 19.4. The minimum Gasteiger partial charge on any atom is -0.479 e. The number of carbonyl (C=O) groups excluding carboxylic acids is 1. The Morgan fingerprint density at radius 2 is 1.88 bits per heavy atom. The zero-order valence-corrected chi connectivity index (χ0v) is 15.8. The summed E-state index contributed by atoms with van der Waals surface area (Å²) in [7, 11) is 0. The molecule has 1 N–H and O–H groups in total. The molecule has 0 aliphatic heterocycles. The molecule has 25 heavy (non-hydrogen) atoms. The second-order valence-electron chi connectivity index (χ2n) is 5.57. The van der Waals surface area contributed by atoms with E-state index >= 15 is 0 Å². The zero-order valence-electron chi connectivity index (χ0n) is 13.5. The summed E-state index contributed by atoms with van der Waals surface area (Å²) in [6.07, 6.45) is -0.870. The van der Waals surface area contributed by atoms with Crippen LogP contribution in [0.2, 0.25) is 15.1 Å². The van der Waals surface area contributed by atoms with Crippen LogP contribution in [0.15, 0.2) is 42.5 Å². The van der Waals surface area contributed by atoms with Crippen LogP contribution < -0.4 is 10.1 Å². The molecule has 2 aromatic carbocycles. The van der Waals surface area contributed by atoms with Crippen LogP contribution in [-0.2, 0) is 10.3 Å². The molecule has 2 atom stereocenters. The Bertz CT molecular complexity index is 835. The Morgan fingerprint density at radius 1 is 1.20 bits per heavy atom. The lowest BCUT2D eigenvalue weighted by Gasteiger charge is -2.26. The van der Waals surface area contributed by atoms with Crippen LogP contribution in [-0.4, -0.2) is 12.0 Å². The van der Waals surface area contributed by atoms with Crippen LogP contribution in [0.1, 0.15) is 19.4 Å². The number of halogens is 3. The molecule has 2 aromatic rings. The summed E-state index contributed by atoms with van der Waals surface area (Å²) in [5.41, 5.74) is -0.670. The smallest absolute Gasteiger partial charge is 0.262 e. The van der Waals surface area contributed by atoms with Crippen molar-refractivity contribution in [2.24, 2.45) is 0 Å². The molecule has 0 aromatic heterocycles. The number of amides is 1. The van der Waals surface area contributed by atoms with E-state index in [1.165, 1.54) is 6.07 Å². The highest BCUT2D eigenvalue weighted by Crippen LogP contribution is 2.29. The Balaban J connectivity index is 2.15. The first-order valence-electron chi connectivity index (χ1n) is 7.36. The highest BCUT2D eigenvalue weighted by Gasteiger charge is 2.31. The lowest BCUT2D eigenvalue weighted by molar-refractivity contribution is -0.128. The van der Waals surface area contributed by atoms with Crippen molar-refractivity contribution in [2.75, 3.05) is 0 Å². The summed E-state index contributed by atoms with van der Waals surface area (Å²) in [4.78, 5) is 12.5. The molecular formula is C18H15Cl3N2O2. The SMILES string of the molecule is CC(Oc1ccc(Cl)cc1Cl)C(=O)NC(C)(C#N)c1cccc(Cl)c1. The van der Waals surface area contributed by atoms with Gasteiger partial charge in [0.05, 0.1) is 11.1 Å². The van der Waals surface area contributed by atoms with Gasteiger partial charge in [-0.05, 0) is 49.7 Å². The van der Waals surface area contributed by atoms with Gasteiger partial charge in [0.25, 0.3) is 5.91 Å². The van der Waals surface area contributed by atoms with Gasteiger partial charge in [-0.2, -0.15) is 5.26 Å². The maximum Gasteiger partial charge on any atom is 0.262 e. The maximum atomic E-state index is 12.5. The van der Waals surface area contributed by atoms with Gasteiger partial charge in [-0.15, -0.1) is 0 Å². The third kappa shape index (κ3) is 4.79. The summed E-state index contributed by atoms with van der Waals surface area (Å²) >= 11 is 17.9. The summed E-state index contributed by atoms with van der Waals surface area (Å²) in [5, 5.41) is 13.5. The van der Waals surface area contributed by atoms with E-state index in [1.54, 1.807) is 50.2 Å². The van der Waals surface area contributed by atoms with Gasteiger partial charge < -0.3 is 10.1 Å². The van der Waals surface area contributed by atoms with Crippen LogP contribution in [0.25, 0.3) is 0 Å².